The molecule has 0 aromatic rings. The highest BCUT2D eigenvalue weighted by Gasteiger charge is 2.07. The van der Waals surface area contributed by atoms with E-state index >= 15 is 0 Å². The molecule has 0 saturated heterocycles. The van der Waals surface area contributed by atoms with E-state index in [2.05, 4.69) is 20.6 Å². The summed E-state index contributed by atoms with van der Waals surface area (Å²) < 4.78 is 0. The van der Waals surface area contributed by atoms with Gasteiger partial charge in [0.25, 0.3) is 0 Å². The second kappa shape index (κ2) is 9.71. The number of aliphatic imine (C=N–C) groups is 2. The van der Waals surface area contributed by atoms with E-state index in [1.54, 1.807) is 12.4 Å². The molecule has 126 valence electrons. The standard InChI is InChI=1S/C17H26N4O2/c1-12-16(14(3)22)10-18-8-9-19-11-17(15(4)23)13(2)21-7-5-6-20-12/h10-11,20-21H,5-9H2,1-4H3/b16-12+,17-13+,18-10?,19-11?. The first kappa shape index (κ1) is 18.8. The Kier molecular flexibility index (Phi) is 7.94. The Labute approximate surface area is 137 Å². The van der Waals surface area contributed by atoms with Crippen LogP contribution in [0.5, 0.6) is 0 Å². The van der Waals surface area contributed by atoms with Crippen molar-refractivity contribution in [1.82, 2.24) is 10.6 Å². The van der Waals surface area contributed by atoms with E-state index in [1.807, 2.05) is 13.8 Å². The minimum Gasteiger partial charge on any atom is -0.388 e. The third-order valence-electron chi connectivity index (χ3n) is 3.50. The average Bonchev–Trinajstić information content (AvgIpc) is 2.48. The fourth-order valence-electron chi connectivity index (χ4n) is 2.16. The lowest BCUT2D eigenvalue weighted by Gasteiger charge is -2.11. The molecule has 1 aliphatic rings. The maximum Gasteiger partial charge on any atom is 0.163 e. The van der Waals surface area contributed by atoms with Crippen LogP contribution < -0.4 is 10.6 Å². The predicted octanol–water partition coefficient (Wildman–Crippen LogP) is 1.44. The molecule has 23 heavy (non-hydrogen) atoms. The maximum atomic E-state index is 11.7. The van der Waals surface area contributed by atoms with Crippen LogP contribution >= 0.6 is 0 Å². The van der Waals surface area contributed by atoms with Gasteiger partial charge in [-0.15, -0.1) is 0 Å². The minimum absolute atomic E-state index is 0.0129. The van der Waals surface area contributed by atoms with Gasteiger partial charge < -0.3 is 10.6 Å². The molecule has 1 heterocycles. The van der Waals surface area contributed by atoms with Gasteiger partial charge in [0.05, 0.1) is 24.2 Å². The van der Waals surface area contributed by atoms with Crippen LogP contribution in [0.2, 0.25) is 0 Å². The van der Waals surface area contributed by atoms with Gasteiger partial charge in [-0.05, 0) is 34.1 Å². The van der Waals surface area contributed by atoms with Crippen molar-refractivity contribution in [3.8, 4) is 0 Å². The molecule has 0 aromatic heterocycles. The highest BCUT2D eigenvalue weighted by atomic mass is 16.1. The van der Waals surface area contributed by atoms with E-state index in [-0.39, 0.29) is 11.6 Å². The summed E-state index contributed by atoms with van der Waals surface area (Å²) in [6, 6.07) is 0. The quantitative estimate of drug-likeness (QED) is 0.807. The zero-order valence-corrected chi connectivity index (χ0v) is 14.4. The molecule has 0 atom stereocenters. The Morgan fingerprint density at radius 1 is 0.870 bits per heavy atom. The first-order valence-corrected chi connectivity index (χ1v) is 7.84. The maximum absolute atomic E-state index is 11.7. The summed E-state index contributed by atoms with van der Waals surface area (Å²) in [5.74, 6) is -0.0258. The number of nitrogens with zero attached hydrogens (tertiary/aromatic N) is 2. The first-order chi connectivity index (χ1) is 10.9. The van der Waals surface area contributed by atoms with E-state index in [0.717, 1.165) is 30.9 Å². The summed E-state index contributed by atoms with van der Waals surface area (Å²) in [7, 11) is 0. The highest BCUT2D eigenvalue weighted by Crippen LogP contribution is 2.03. The highest BCUT2D eigenvalue weighted by molar-refractivity contribution is 6.13. The van der Waals surface area contributed by atoms with E-state index < -0.39 is 0 Å². The van der Waals surface area contributed by atoms with E-state index in [9.17, 15) is 9.59 Å². The van der Waals surface area contributed by atoms with E-state index in [4.69, 9.17) is 0 Å². The molecule has 0 aliphatic carbocycles. The van der Waals surface area contributed by atoms with Gasteiger partial charge >= 0.3 is 0 Å². The lowest BCUT2D eigenvalue weighted by molar-refractivity contribution is -0.114. The summed E-state index contributed by atoms with van der Waals surface area (Å²) in [5.41, 5.74) is 2.85. The number of hydrogen-bond acceptors (Lipinski definition) is 6. The molecule has 0 spiro atoms. The summed E-state index contributed by atoms with van der Waals surface area (Å²) >= 11 is 0. The van der Waals surface area contributed by atoms with Crippen LogP contribution in [0.15, 0.2) is 32.5 Å². The van der Waals surface area contributed by atoms with Crippen molar-refractivity contribution in [3.63, 3.8) is 0 Å². The zero-order chi connectivity index (χ0) is 17.2. The van der Waals surface area contributed by atoms with Crippen LogP contribution in [-0.4, -0.2) is 50.2 Å². The number of allylic oxidation sites excluding steroid dienone is 4. The topological polar surface area (TPSA) is 82.9 Å². The normalized spacial score (nSPS) is 24.2. The largest absolute Gasteiger partial charge is 0.388 e. The summed E-state index contributed by atoms with van der Waals surface area (Å²) in [4.78, 5) is 31.9. The van der Waals surface area contributed by atoms with Gasteiger partial charge in [0.2, 0.25) is 0 Å². The van der Waals surface area contributed by atoms with Crippen molar-refractivity contribution in [2.24, 2.45) is 9.98 Å². The molecule has 1 aliphatic heterocycles. The lowest BCUT2D eigenvalue weighted by atomic mass is 10.1. The average molecular weight is 318 g/mol. The molecular weight excluding hydrogens is 292 g/mol. The molecule has 6 nitrogen and oxygen atoms in total. The van der Waals surface area contributed by atoms with Crippen molar-refractivity contribution in [2.45, 2.75) is 34.1 Å². The van der Waals surface area contributed by atoms with Gasteiger partial charge in [0.1, 0.15) is 0 Å². The Bertz CT molecular complexity index is 521. The smallest absolute Gasteiger partial charge is 0.163 e. The van der Waals surface area contributed by atoms with E-state index in [1.165, 1.54) is 13.8 Å². The molecule has 0 saturated carbocycles. The Morgan fingerprint density at radius 2 is 1.26 bits per heavy atom. The van der Waals surface area contributed by atoms with Gasteiger partial charge in [-0.1, -0.05) is 0 Å². The van der Waals surface area contributed by atoms with Gasteiger partial charge in [0.15, 0.2) is 11.6 Å². The van der Waals surface area contributed by atoms with Gasteiger partial charge in [-0.25, -0.2) is 0 Å². The summed E-state index contributed by atoms with van der Waals surface area (Å²) in [5, 5.41) is 6.49. The Hall–Kier alpha value is -2.24. The number of rotatable bonds is 2. The zero-order valence-electron chi connectivity index (χ0n) is 14.4. The van der Waals surface area contributed by atoms with Crippen LogP contribution in [0.1, 0.15) is 34.1 Å². The van der Waals surface area contributed by atoms with Crippen molar-refractivity contribution in [3.05, 3.63) is 22.5 Å². The van der Waals surface area contributed by atoms with Crippen molar-refractivity contribution >= 4 is 24.0 Å². The predicted molar refractivity (Wildman–Crippen MR) is 94.1 cm³/mol. The second-order valence-electron chi connectivity index (χ2n) is 5.47. The molecule has 0 unspecified atom stereocenters. The molecule has 6 heteroatoms. The first-order valence-electron chi connectivity index (χ1n) is 7.84. The molecule has 2 N–H and O–H groups in total. The van der Waals surface area contributed by atoms with Crippen molar-refractivity contribution < 1.29 is 9.59 Å². The van der Waals surface area contributed by atoms with Crippen LogP contribution in [0, 0.1) is 0 Å². The van der Waals surface area contributed by atoms with Crippen molar-refractivity contribution in [1.29, 1.82) is 0 Å². The Balaban J connectivity index is 2.93. The minimum atomic E-state index is -0.0129. The summed E-state index contributed by atoms with van der Waals surface area (Å²) in [6.07, 6.45) is 4.06. The fourth-order valence-corrected chi connectivity index (χ4v) is 2.16. The number of hydrogen-bond donors (Lipinski definition) is 2. The lowest BCUT2D eigenvalue weighted by Crippen LogP contribution is -2.23. The Morgan fingerprint density at radius 3 is 1.61 bits per heavy atom. The third kappa shape index (κ3) is 6.59. The monoisotopic (exact) mass is 318 g/mol. The van der Waals surface area contributed by atoms with Crippen molar-refractivity contribution in [2.75, 3.05) is 26.2 Å². The molecule has 0 amide bonds. The number of ketones is 2. The van der Waals surface area contributed by atoms with Gasteiger partial charge in [-0.3, -0.25) is 19.6 Å². The second-order valence-corrected chi connectivity index (χ2v) is 5.47. The van der Waals surface area contributed by atoms with E-state index in [0.29, 0.717) is 24.2 Å². The molecule has 0 bridgehead atoms. The van der Waals surface area contributed by atoms with Crippen LogP contribution in [-0.2, 0) is 9.59 Å². The molecule has 0 aromatic carbocycles. The molecule has 0 radical (unpaired) electrons. The van der Waals surface area contributed by atoms with Gasteiger partial charge in [-0.2, -0.15) is 0 Å². The van der Waals surface area contributed by atoms with Crippen LogP contribution in [0.4, 0.5) is 0 Å². The number of Topliss-reactive ketones (excluding diaryl/α,β-unsaturated/α-hetero) is 2. The number of carbonyl (C=O) groups excluding carboxylic acids is 2. The van der Waals surface area contributed by atoms with Gasteiger partial charge in [0, 0.05) is 36.9 Å². The summed E-state index contributed by atoms with van der Waals surface area (Å²) in [6.45, 7) is 9.24. The molecular formula is C17H26N4O2. The fraction of sp³-hybridized carbons (Fsp3) is 0.529. The third-order valence-corrected chi connectivity index (χ3v) is 3.50. The molecule has 1 rings (SSSR count). The van der Waals surface area contributed by atoms with Crippen LogP contribution in [0.3, 0.4) is 0 Å². The SMILES string of the molecule is CC(=O)/C1=C(\C)NCCCN/C(C)=C(/C(C)=O)C=NCCN=C1. The van der Waals surface area contributed by atoms with Crippen LogP contribution in [0.25, 0.3) is 0 Å². The number of nitrogens with one attached hydrogen (secondary N) is 2. The number of carbonyl (C=O) groups is 2. The molecule has 0 fully saturated rings.